The zero-order valence-corrected chi connectivity index (χ0v) is 30.2. The molecule has 0 radical (unpaired) electrons. The maximum absolute atomic E-state index is 13.7. The van der Waals surface area contributed by atoms with Crippen LogP contribution >= 0.6 is 0 Å². The summed E-state index contributed by atoms with van der Waals surface area (Å²) < 4.78 is 52.9. The molecule has 0 spiro atoms. The van der Waals surface area contributed by atoms with Gasteiger partial charge in [-0.1, -0.05) is 41.5 Å². The second kappa shape index (κ2) is 21.4. The maximum atomic E-state index is 13.7. The quantitative estimate of drug-likeness (QED) is 0.105. The molecule has 0 fully saturated rings. The fourth-order valence-corrected chi connectivity index (χ4v) is 3.81. The first-order valence-electron chi connectivity index (χ1n) is 15.4. The van der Waals surface area contributed by atoms with Crippen molar-refractivity contribution in [2.75, 3.05) is 22.9 Å². The second-order valence-corrected chi connectivity index (χ2v) is 11.5. The summed E-state index contributed by atoms with van der Waals surface area (Å²) in [4.78, 5) is 27.3. The summed E-state index contributed by atoms with van der Waals surface area (Å²) in [6, 6.07) is 28.7. The van der Waals surface area contributed by atoms with Crippen molar-refractivity contribution in [2.24, 2.45) is 10.8 Å². The van der Waals surface area contributed by atoms with E-state index in [-0.39, 0.29) is 44.9 Å². The topological polar surface area (TPSA) is 40.6 Å². The normalized spacial score (nSPS) is 10.5. The van der Waals surface area contributed by atoms with E-state index in [9.17, 15) is 27.2 Å². The molecule has 4 aromatic carbocycles. The molecule has 0 unspecified atom stereocenters. The predicted molar refractivity (Wildman–Crippen MR) is 179 cm³/mol. The number of hydrogen-bond acceptors (Lipinski definition) is 2. The minimum absolute atomic E-state index is 0. The van der Waals surface area contributed by atoms with Crippen LogP contribution in [0.5, 0.6) is 0 Å². The van der Waals surface area contributed by atoms with Crippen molar-refractivity contribution in [3.05, 3.63) is 120 Å². The Bertz CT molecular complexity index is 1290. The van der Waals surface area contributed by atoms with Crippen molar-refractivity contribution < 1.29 is 48.9 Å². The van der Waals surface area contributed by atoms with Crippen molar-refractivity contribution in [2.45, 2.75) is 68.2 Å². The molecule has 4 aromatic rings. The molecule has 0 heterocycles. The van der Waals surface area contributed by atoms with Crippen LogP contribution in [0.4, 0.5) is 28.9 Å². The van der Waals surface area contributed by atoms with Gasteiger partial charge in [-0.05, 0) is 38.1 Å². The fraction of sp³-hybridized carbons (Fsp3) is 0.368. The van der Waals surface area contributed by atoms with Gasteiger partial charge in [0.15, 0.2) is 0 Å². The third-order valence-electron chi connectivity index (χ3n) is 7.42. The Hall–Kier alpha value is -3.49. The van der Waals surface area contributed by atoms with Crippen LogP contribution in [0, 0.1) is 46.2 Å². The van der Waals surface area contributed by atoms with E-state index in [1.807, 2.05) is 114 Å². The van der Waals surface area contributed by atoms with Crippen LogP contribution in [0.2, 0.25) is 0 Å². The van der Waals surface area contributed by atoms with E-state index in [1.54, 1.807) is 13.8 Å². The average Bonchev–Trinajstić information content (AvgIpc) is 3.80. The van der Waals surface area contributed by atoms with Crippen LogP contribution in [0.25, 0.3) is 0 Å². The molecule has 9 heteroatoms. The van der Waals surface area contributed by atoms with Crippen molar-refractivity contribution >= 4 is 23.2 Å². The first-order chi connectivity index (χ1) is 21.7. The first-order valence-corrected chi connectivity index (χ1v) is 15.4. The van der Waals surface area contributed by atoms with Crippen LogP contribution in [0.1, 0.15) is 68.2 Å². The van der Waals surface area contributed by atoms with Gasteiger partial charge in [0, 0.05) is 47.2 Å². The molecule has 0 N–H and O–H groups in total. The maximum Gasteiger partial charge on any atom is 4.00 e. The molecule has 4 nitrogen and oxygen atoms in total. The minimum Gasteiger partial charge on any atom is -0.363 e. The van der Waals surface area contributed by atoms with Crippen LogP contribution in [0.15, 0.2) is 84.9 Å². The monoisotopic (exact) mass is 686 g/mol. The van der Waals surface area contributed by atoms with Crippen LogP contribution in [0.3, 0.4) is 0 Å². The van der Waals surface area contributed by atoms with E-state index in [0.29, 0.717) is 25.9 Å². The average molecular weight is 687 g/mol. The summed E-state index contributed by atoms with van der Waals surface area (Å²) in [5.41, 5.74) is -0.996. The van der Waals surface area contributed by atoms with Crippen molar-refractivity contribution in [1.82, 2.24) is 0 Å². The third-order valence-corrected chi connectivity index (χ3v) is 7.42. The van der Waals surface area contributed by atoms with Gasteiger partial charge < -0.3 is 9.80 Å². The van der Waals surface area contributed by atoms with Gasteiger partial charge in [0.05, 0.1) is 0 Å². The zero-order chi connectivity index (χ0) is 34.9. The molecule has 4 rings (SSSR count). The van der Waals surface area contributed by atoms with Gasteiger partial charge >= 0.3 is 21.7 Å². The molecule has 0 aliphatic carbocycles. The van der Waals surface area contributed by atoms with Gasteiger partial charge in [-0.15, -0.1) is 36.4 Å². The number of halogens is 4. The summed E-state index contributed by atoms with van der Waals surface area (Å²) in [7, 11) is 0. The summed E-state index contributed by atoms with van der Waals surface area (Å²) in [6.07, 6.45) is 1.30. The van der Waals surface area contributed by atoms with Gasteiger partial charge in [-0.25, -0.2) is 41.8 Å². The number of carbonyl (C=O) groups excluding carboxylic acids is 2. The predicted octanol–water partition coefficient (Wildman–Crippen LogP) is 9.92. The SMILES string of the molecule is CCN(C(=O)C(C)(C)CC)c1ccc(F)[c-]c1F.CCN(C(=O)C(C)(C)CC)c1ccc(F)[c-]c1F.[Ti+4].c1cc[cH-]c1.c1cc[cH-]c1. The van der Waals surface area contributed by atoms with E-state index < -0.39 is 34.1 Å². The molecule has 252 valence electrons. The summed E-state index contributed by atoms with van der Waals surface area (Å²) >= 11 is 0. The second-order valence-electron chi connectivity index (χ2n) is 11.5. The molecular weight excluding hydrogens is 640 g/mol. The Morgan fingerprint density at radius 1 is 0.617 bits per heavy atom. The van der Waals surface area contributed by atoms with E-state index in [1.165, 1.54) is 21.9 Å². The summed E-state index contributed by atoms with van der Waals surface area (Å²) in [6.45, 7) is 15.2. The van der Waals surface area contributed by atoms with Crippen molar-refractivity contribution in [3.63, 3.8) is 0 Å². The smallest absolute Gasteiger partial charge is 0.363 e. The van der Waals surface area contributed by atoms with E-state index in [0.717, 1.165) is 12.1 Å². The Morgan fingerprint density at radius 2 is 0.915 bits per heavy atom. The summed E-state index contributed by atoms with van der Waals surface area (Å²) in [5.74, 6) is -3.56. The summed E-state index contributed by atoms with van der Waals surface area (Å²) in [5, 5.41) is 0. The fourth-order valence-electron chi connectivity index (χ4n) is 3.81. The Labute approximate surface area is 293 Å². The van der Waals surface area contributed by atoms with Gasteiger partial charge in [0.25, 0.3) is 0 Å². The largest absolute Gasteiger partial charge is 4.00 e. The molecule has 0 aromatic heterocycles. The van der Waals surface area contributed by atoms with Gasteiger partial charge in [-0.2, -0.15) is 36.4 Å². The standard InChI is InChI=1S/2C14H18F2NO.2C5H5.Ti/c2*1-5-14(3,4)13(18)17(6-2)12-8-7-10(15)9-11(12)16;2*1-2-4-5-3-1;/h2*7-8H,5-6H2,1-4H3;2*1-5H;/q4*-1;+4. The number of nitrogens with zero attached hydrogens (tertiary/aromatic N) is 2. The van der Waals surface area contributed by atoms with Gasteiger partial charge in [0.2, 0.25) is 11.8 Å². The number of benzene rings is 2. The first kappa shape index (κ1) is 43.5. The molecular formula is C38H46F4N2O2Ti. The molecule has 2 amide bonds. The Kier molecular flexibility index (Phi) is 19.8. The van der Waals surface area contributed by atoms with Crippen molar-refractivity contribution in [3.8, 4) is 0 Å². The molecule has 0 saturated carbocycles. The minimum atomic E-state index is -0.836. The van der Waals surface area contributed by atoms with E-state index in [2.05, 4.69) is 0 Å². The van der Waals surface area contributed by atoms with Crippen LogP contribution in [-0.2, 0) is 31.3 Å². The van der Waals surface area contributed by atoms with Gasteiger partial charge in [-0.3, -0.25) is 9.59 Å². The van der Waals surface area contributed by atoms with E-state index in [4.69, 9.17) is 0 Å². The molecule has 0 saturated heterocycles. The molecule has 0 aliphatic rings. The van der Waals surface area contributed by atoms with Gasteiger partial charge in [0.1, 0.15) is 0 Å². The Balaban J connectivity index is 0.000000681. The number of anilines is 2. The molecule has 47 heavy (non-hydrogen) atoms. The molecule has 0 aliphatic heterocycles. The number of hydrogen-bond donors (Lipinski definition) is 0. The van der Waals surface area contributed by atoms with Crippen LogP contribution < -0.4 is 9.80 Å². The van der Waals surface area contributed by atoms with Crippen LogP contribution in [-0.4, -0.2) is 24.9 Å². The Morgan fingerprint density at radius 3 is 1.11 bits per heavy atom. The molecule has 0 bridgehead atoms. The number of rotatable bonds is 8. The molecule has 0 atom stereocenters. The number of amides is 2. The third kappa shape index (κ3) is 14.0. The van der Waals surface area contributed by atoms with Crippen molar-refractivity contribution in [1.29, 1.82) is 0 Å². The zero-order valence-electron chi connectivity index (χ0n) is 28.6. The van der Waals surface area contributed by atoms with E-state index >= 15 is 0 Å². The number of carbonyl (C=O) groups is 2.